The van der Waals surface area contributed by atoms with E-state index in [9.17, 15) is 17.6 Å². The van der Waals surface area contributed by atoms with Crippen LogP contribution >= 0.6 is 0 Å². The fourth-order valence-corrected chi connectivity index (χ4v) is 3.73. The molecule has 2 rings (SSSR count). The van der Waals surface area contributed by atoms with E-state index in [0.717, 1.165) is 5.56 Å². The number of halogens is 1. The summed E-state index contributed by atoms with van der Waals surface area (Å²) in [6.07, 6.45) is 0.0398. The monoisotopic (exact) mass is 394 g/mol. The molecule has 0 aliphatic rings. The van der Waals surface area contributed by atoms with E-state index in [1.54, 1.807) is 31.2 Å². The second kappa shape index (κ2) is 9.48. The van der Waals surface area contributed by atoms with Crippen molar-refractivity contribution in [1.29, 1.82) is 0 Å². The summed E-state index contributed by atoms with van der Waals surface area (Å²) in [5.74, 6) is -0.706. The van der Waals surface area contributed by atoms with Crippen molar-refractivity contribution in [3.05, 3.63) is 59.4 Å². The fourth-order valence-electron chi connectivity index (χ4n) is 2.37. The van der Waals surface area contributed by atoms with Crippen molar-refractivity contribution in [3.63, 3.8) is 0 Å². The Kier molecular flexibility index (Phi) is 7.32. The highest BCUT2D eigenvalue weighted by molar-refractivity contribution is 7.89. The van der Waals surface area contributed by atoms with Gasteiger partial charge in [0.25, 0.3) is 0 Å². The summed E-state index contributed by atoms with van der Waals surface area (Å²) in [5, 5.41) is 2.59. The number of ether oxygens (including phenoxy) is 1. The molecule has 0 heterocycles. The number of benzene rings is 2. The van der Waals surface area contributed by atoms with Crippen LogP contribution in [0.25, 0.3) is 0 Å². The zero-order valence-electron chi connectivity index (χ0n) is 15.3. The van der Waals surface area contributed by atoms with Gasteiger partial charge in [-0.1, -0.05) is 24.3 Å². The first kappa shape index (κ1) is 20.9. The van der Waals surface area contributed by atoms with E-state index in [4.69, 9.17) is 4.74 Å². The van der Waals surface area contributed by atoms with Gasteiger partial charge in [-0.3, -0.25) is 4.79 Å². The molecule has 1 amide bonds. The molecule has 0 spiro atoms. The minimum Gasteiger partial charge on any atom is -0.490 e. The standard InChI is InChI=1S/C19H23FN2O4S/c1-14-7-8-15(2)18(13-14)27(24,25)22-11-10-21-19(23)9-12-26-17-6-4-3-5-16(17)20/h3-8,13,22H,9-12H2,1-2H3,(H,21,23). The number of sulfonamides is 1. The molecule has 27 heavy (non-hydrogen) atoms. The Hall–Kier alpha value is -2.45. The van der Waals surface area contributed by atoms with E-state index in [-0.39, 0.29) is 42.7 Å². The molecular formula is C19H23FN2O4S. The molecule has 0 fully saturated rings. The third kappa shape index (κ3) is 6.33. The van der Waals surface area contributed by atoms with Crippen LogP contribution in [0.1, 0.15) is 17.5 Å². The van der Waals surface area contributed by atoms with Crippen LogP contribution in [0.15, 0.2) is 47.4 Å². The molecule has 0 unspecified atom stereocenters. The summed E-state index contributed by atoms with van der Waals surface area (Å²) >= 11 is 0. The van der Waals surface area contributed by atoms with Crippen LogP contribution in [0.4, 0.5) is 4.39 Å². The number of nitrogens with one attached hydrogen (secondary N) is 2. The van der Waals surface area contributed by atoms with Crippen molar-refractivity contribution >= 4 is 15.9 Å². The maximum absolute atomic E-state index is 13.4. The largest absolute Gasteiger partial charge is 0.490 e. The van der Waals surface area contributed by atoms with Crippen molar-refractivity contribution in [2.45, 2.75) is 25.2 Å². The van der Waals surface area contributed by atoms with Crippen LogP contribution in [-0.4, -0.2) is 34.0 Å². The molecular weight excluding hydrogens is 371 g/mol. The van der Waals surface area contributed by atoms with Gasteiger partial charge in [0.05, 0.1) is 17.9 Å². The first-order chi connectivity index (χ1) is 12.8. The lowest BCUT2D eigenvalue weighted by atomic mass is 10.2. The number of hydrogen-bond acceptors (Lipinski definition) is 4. The number of carbonyl (C=O) groups excluding carboxylic acids is 1. The molecule has 0 radical (unpaired) electrons. The van der Waals surface area contributed by atoms with Gasteiger partial charge >= 0.3 is 0 Å². The quantitative estimate of drug-likeness (QED) is 0.639. The predicted octanol–water partition coefficient (Wildman–Crippen LogP) is 2.31. The summed E-state index contributed by atoms with van der Waals surface area (Å²) in [6.45, 7) is 3.78. The average Bonchev–Trinajstić information content (AvgIpc) is 2.62. The topological polar surface area (TPSA) is 84.5 Å². The number of hydrogen-bond donors (Lipinski definition) is 2. The molecule has 2 N–H and O–H groups in total. The average molecular weight is 394 g/mol. The third-order valence-electron chi connectivity index (χ3n) is 3.80. The highest BCUT2D eigenvalue weighted by atomic mass is 32.2. The van der Waals surface area contributed by atoms with E-state index < -0.39 is 15.8 Å². The van der Waals surface area contributed by atoms with Gasteiger partial charge in [-0.25, -0.2) is 17.5 Å². The van der Waals surface area contributed by atoms with Crippen molar-refractivity contribution in [2.75, 3.05) is 19.7 Å². The highest BCUT2D eigenvalue weighted by Crippen LogP contribution is 2.16. The van der Waals surface area contributed by atoms with E-state index in [0.29, 0.717) is 5.56 Å². The van der Waals surface area contributed by atoms with Crippen LogP contribution in [-0.2, 0) is 14.8 Å². The molecule has 146 valence electrons. The van der Waals surface area contributed by atoms with Gasteiger partial charge in [0.1, 0.15) is 0 Å². The molecule has 0 bridgehead atoms. The lowest BCUT2D eigenvalue weighted by Gasteiger charge is -2.11. The SMILES string of the molecule is Cc1ccc(C)c(S(=O)(=O)NCCNC(=O)CCOc2ccccc2F)c1. The molecule has 2 aromatic carbocycles. The zero-order chi connectivity index (χ0) is 19.9. The Labute approximate surface area is 158 Å². The minimum atomic E-state index is -3.64. The van der Waals surface area contributed by atoms with Gasteiger partial charge in [0.2, 0.25) is 15.9 Å². The van der Waals surface area contributed by atoms with E-state index in [1.807, 2.05) is 13.0 Å². The first-order valence-electron chi connectivity index (χ1n) is 8.50. The summed E-state index contributed by atoms with van der Waals surface area (Å²) in [4.78, 5) is 12.0. The zero-order valence-corrected chi connectivity index (χ0v) is 16.1. The van der Waals surface area contributed by atoms with Crippen LogP contribution in [0.2, 0.25) is 0 Å². The maximum Gasteiger partial charge on any atom is 0.240 e. The van der Waals surface area contributed by atoms with Crippen molar-refractivity contribution < 1.29 is 22.3 Å². The molecule has 8 heteroatoms. The fraction of sp³-hybridized carbons (Fsp3) is 0.316. The summed E-state index contributed by atoms with van der Waals surface area (Å²) < 4.78 is 45.7. The highest BCUT2D eigenvalue weighted by Gasteiger charge is 2.16. The van der Waals surface area contributed by atoms with Crippen molar-refractivity contribution in [1.82, 2.24) is 10.0 Å². The summed E-state index contributed by atoms with van der Waals surface area (Å²) in [7, 11) is -3.64. The van der Waals surface area contributed by atoms with E-state index >= 15 is 0 Å². The van der Waals surface area contributed by atoms with Gasteiger partial charge in [-0.15, -0.1) is 0 Å². The summed E-state index contributed by atoms with van der Waals surface area (Å²) in [6, 6.07) is 11.1. The number of carbonyl (C=O) groups is 1. The van der Waals surface area contributed by atoms with Gasteiger partial charge in [0.15, 0.2) is 11.6 Å². The van der Waals surface area contributed by atoms with Crippen LogP contribution in [0, 0.1) is 19.7 Å². The Morgan fingerprint density at radius 1 is 1.11 bits per heavy atom. The van der Waals surface area contributed by atoms with Crippen molar-refractivity contribution in [2.24, 2.45) is 0 Å². The third-order valence-corrected chi connectivity index (χ3v) is 5.40. The van der Waals surface area contributed by atoms with Gasteiger partial charge in [0, 0.05) is 13.1 Å². The Morgan fingerprint density at radius 2 is 1.85 bits per heavy atom. The normalized spacial score (nSPS) is 11.2. The second-order valence-corrected chi connectivity index (χ2v) is 7.78. The summed E-state index contributed by atoms with van der Waals surface area (Å²) in [5.41, 5.74) is 1.51. The van der Waals surface area contributed by atoms with Crippen LogP contribution in [0.3, 0.4) is 0 Å². The molecule has 0 saturated carbocycles. The van der Waals surface area contributed by atoms with Crippen LogP contribution < -0.4 is 14.8 Å². The number of para-hydroxylation sites is 1. The Bertz CT molecular complexity index is 900. The number of amides is 1. The second-order valence-electron chi connectivity index (χ2n) is 6.05. The van der Waals surface area contributed by atoms with Crippen molar-refractivity contribution in [3.8, 4) is 5.75 Å². The Morgan fingerprint density at radius 3 is 2.59 bits per heavy atom. The number of aryl methyl sites for hydroxylation is 2. The smallest absolute Gasteiger partial charge is 0.240 e. The van der Waals surface area contributed by atoms with E-state index in [1.165, 1.54) is 12.1 Å². The van der Waals surface area contributed by atoms with Gasteiger partial charge in [-0.2, -0.15) is 0 Å². The lowest BCUT2D eigenvalue weighted by Crippen LogP contribution is -2.35. The molecule has 0 aliphatic carbocycles. The van der Waals surface area contributed by atoms with Crippen LogP contribution in [0.5, 0.6) is 5.75 Å². The first-order valence-corrected chi connectivity index (χ1v) is 9.99. The van der Waals surface area contributed by atoms with Gasteiger partial charge in [-0.05, 0) is 43.2 Å². The lowest BCUT2D eigenvalue weighted by molar-refractivity contribution is -0.121. The van der Waals surface area contributed by atoms with Gasteiger partial charge < -0.3 is 10.1 Å². The Balaban J connectivity index is 1.72. The maximum atomic E-state index is 13.4. The molecule has 6 nitrogen and oxygen atoms in total. The molecule has 0 atom stereocenters. The molecule has 2 aromatic rings. The number of rotatable bonds is 9. The molecule has 0 aliphatic heterocycles. The molecule has 0 saturated heterocycles. The predicted molar refractivity (Wildman–Crippen MR) is 101 cm³/mol. The minimum absolute atomic E-state index is 0.0288. The van der Waals surface area contributed by atoms with E-state index in [2.05, 4.69) is 10.0 Å². The molecule has 0 aromatic heterocycles.